The van der Waals surface area contributed by atoms with Gasteiger partial charge in [-0.15, -0.1) is 0 Å². The molecular weight excluding hydrogens is 226 g/mol. The molecule has 0 fully saturated rings. The Morgan fingerprint density at radius 1 is 1.28 bits per heavy atom. The highest BCUT2D eigenvalue weighted by Gasteiger charge is 2.23. The third-order valence-electron chi connectivity index (χ3n) is 3.87. The lowest BCUT2D eigenvalue weighted by Crippen LogP contribution is -2.34. The van der Waals surface area contributed by atoms with Crippen molar-refractivity contribution in [2.45, 2.75) is 39.5 Å². The van der Waals surface area contributed by atoms with Crippen LogP contribution in [0.15, 0.2) is 12.1 Å². The fraction of sp³-hybridized carbons (Fsp3) is 0.500. The van der Waals surface area contributed by atoms with Crippen molar-refractivity contribution < 1.29 is 4.85 Å². The number of benzene rings is 1. The van der Waals surface area contributed by atoms with Crippen molar-refractivity contribution in [2.24, 2.45) is 5.92 Å². The van der Waals surface area contributed by atoms with Gasteiger partial charge in [0.25, 0.3) is 5.52 Å². The fourth-order valence-corrected chi connectivity index (χ4v) is 2.74. The second-order valence-corrected chi connectivity index (χ2v) is 5.05. The number of rotatable bonds is 2. The number of fused-ring (bicyclic) bond motifs is 2. The van der Waals surface area contributed by atoms with E-state index >= 15 is 0 Å². The predicted molar refractivity (Wildman–Crippen MR) is 69.1 cm³/mol. The normalized spacial score (nSPS) is 18.2. The Labute approximate surface area is 106 Å². The molecule has 0 N–H and O–H groups in total. The molecule has 1 aromatic heterocycles. The van der Waals surface area contributed by atoms with Gasteiger partial charge in [0.2, 0.25) is 0 Å². The Bertz CT molecular complexity index is 610. The first kappa shape index (κ1) is 11.4. The van der Waals surface area contributed by atoms with Crippen molar-refractivity contribution in [2.75, 3.05) is 0 Å². The summed E-state index contributed by atoms with van der Waals surface area (Å²) in [6.45, 7) is 4.18. The van der Waals surface area contributed by atoms with Crippen LogP contribution in [0, 0.1) is 11.1 Å². The third-order valence-corrected chi connectivity index (χ3v) is 3.87. The molecule has 0 radical (unpaired) electrons. The number of aryl methyl sites for hydroxylation is 1. The molecule has 1 atom stereocenters. The minimum Gasteiger partial charge on any atom is -0.594 e. The first-order valence-electron chi connectivity index (χ1n) is 6.63. The van der Waals surface area contributed by atoms with E-state index in [0.29, 0.717) is 17.8 Å². The first-order valence-corrected chi connectivity index (χ1v) is 6.63. The van der Waals surface area contributed by atoms with Crippen molar-refractivity contribution in [3.05, 3.63) is 34.3 Å². The molecule has 1 heterocycles. The van der Waals surface area contributed by atoms with Crippen LogP contribution in [0.1, 0.15) is 37.2 Å². The van der Waals surface area contributed by atoms with Gasteiger partial charge in [-0.3, -0.25) is 0 Å². The van der Waals surface area contributed by atoms with Crippen LogP contribution in [0.4, 0.5) is 0 Å². The molecule has 4 heteroatoms. The molecule has 2 aromatic rings. The van der Waals surface area contributed by atoms with E-state index in [1.54, 1.807) is 0 Å². The average molecular weight is 243 g/mol. The van der Waals surface area contributed by atoms with Crippen LogP contribution >= 0.6 is 0 Å². The second kappa shape index (κ2) is 4.19. The van der Waals surface area contributed by atoms with Crippen LogP contribution in [0.5, 0.6) is 0 Å². The topological polar surface area (TPSA) is 52.7 Å². The highest BCUT2D eigenvalue weighted by Crippen LogP contribution is 2.30. The summed E-state index contributed by atoms with van der Waals surface area (Å²) in [6.07, 6.45) is 4.07. The van der Waals surface area contributed by atoms with Crippen LogP contribution in [0.25, 0.3) is 11.0 Å². The predicted octanol–water partition coefficient (Wildman–Crippen LogP) is 1.95. The van der Waals surface area contributed by atoms with E-state index in [0.717, 1.165) is 29.1 Å². The van der Waals surface area contributed by atoms with Crippen LogP contribution in [-0.2, 0) is 19.3 Å². The van der Waals surface area contributed by atoms with Gasteiger partial charge >= 0.3 is 0 Å². The summed E-state index contributed by atoms with van der Waals surface area (Å²) in [5, 5.41) is 15.8. The third kappa shape index (κ3) is 1.72. The van der Waals surface area contributed by atoms with E-state index in [4.69, 9.17) is 0 Å². The summed E-state index contributed by atoms with van der Waals surface area (Å²) >= 11 is 0. The number of hydrogen-bond acceptors (Lipinski definition) is 3. The van der Waals surface area contributed by atoms with Gasteiger partial charge in [0.15, 0.2) is 5.82 Å². The maximum absolute atomic E-state index is 11.9. The van der Waals surface area contributed by atoms with E-state index in [1.807, 2.05) is 13.0 Å². The number of aromatic nitrogens is 3. The highest BCUT2D eigenvalue weighted by molar-refractivity contribution is 5.73. The van der Waals surface area contributed by atoms with Crippen molar-refractivity contribution >= 4 is 11.0 Å². The quantitative estimate of drug-likeness (QED) is 0.598. The zero-order chi connectivity index (χ0) is 12.7. The lowest BCUT2D eigenvalue weighted by atomic mass is 10.0. The van der Waals surface area contributed by atoms with Crippen molar-refractivity contribution in [1.82, 2.24) is 10.1 Å². The molecule has 1 aromatic carbocycles. The minimum absolute atomic E-state index is 0.600. The molecular formula is C14H17N3O. The van der Waals surface area contributed by atoms with Crippen molar-refractivity contribution in [3.8, 4) is 0 Å². The van der Waals surface area contributed by atoms with E-state index < -0.39 is 0 Å². The van der Waals surface area contributed by atoms with Gasteiger partial charge in [-0.1, -0.05) is 20.3 Å². The van der Waals surface area contributed by atoms with E-state index in [1.165, 1.54) is 17.5 Å². The molecule has 1 aliphatic carbocycles. The number of nitrogens with zero attached hydrogens (tertiary/aromatic N) is 3. The largest absolute Gasteiger partial charge is 0.594 e. The van der Waals surface area contributed by atoms with E-state index in [2.05, 4.69) is 23.1 Å². The maximum atomic E-state index is 11.9. The van der Waals surface area contributed by atoms with Crippen LogP contribution in [-0.4, -0.2) is 10.1 Å². The van der Waals surface area contributed by atoms with Gasteiger partial charge in [0.05, 0.1) is 0 Å². The Kier molecular flexibility index (Phi) is 2.65. The highest BCUT2D eigenvalue weighted by atomic mass is 16.5. The molecule has 0 bridgehead atoms. The molecule has 0 spiro atoms. The Morgan fingerprint density at radius 2 is 2.00 bits per heavy atom. The zero-order valence-electron chi connectivity index (χ0n) is 10.8. The zero-order valence-corrected chi connectivity index (χ0v) is 10.8. The molecule has 0 amide bonds. The first-order chi connectivity index (χ1) is 8.71. The standard InChI is InChI=1S/C14H17N3O/c1-3-9-5-10-7-12-13(8-11(10)6-9)17(18)16-14(4-2)15-12/h7-9H,3-6H2,1-2H3. The number of hydrogen-bond donors (Lipinski definition) is 0. The van der Waals surface area contributed by atoms with Gasteiger partial charge < -0.3 is 5.21 Å². The van der Waals surface area contributed by atoms with Crippen LogP contribution in [0.3, 0.4) is 0 Å². The van der Waals surface area contributed by atoms with Gasteiger partial charge in [0.1, 0.15) is 5.52 Å². The summed E-state index contributed by atoms with van der Waals surface area (Å²) in [5.41, 5.74) is 4.04. The monoisotopic (exact) mass is 243 g/mol. The second-order valence-electron chi connectivity index (χ2n) is 5.05. The van der Waals surface area contributed by atoms with Crippen LogP contribution < -0.4 is 4.85 Å². The minimum atomic E-state index is 0.600. The van der Waals surface area contributed by atoms with Crippen molar-refractivity contribution in [3.63, 3.8) is 0 Å². The molecule has 0 aliphatic heterocycles. The van der Waals surface area contributed by atoms with E-state index in [-0.39, 0.29) is 0 Å². The summed E-state index contributed by atoms with van der Waals surface area (Å²) < 4.78 is 0. The fourth-order valence-electron chi connectivity index (χ4n) is 2.74. The van der Waals surface area contributed by atoms with Gasteiger partial charge in [-0.25, -0.2) is 4.98 Å². The molecule has 18 heavy (non-hydrogen) atoms. The molecule has 0 saturated carbocycles. The molecule has 3 rings (SSSR count). The van der Waals surface area contributed by atoms with Gasteiger partial charge in [-0.2, -0.15) is 0 Å². The smallest absolute Gasteiger partial charge is 0.270 e. The Balaban J connectivity index is 2.16. The Morgan fingerprint density at radius 3 is 2.67 bits per heavy atom. The molecule has 1 aliphatic rings. The lowest BCUT2D eigenvalue weighted by molar-refractivity contribution is -0.644. The summed E-state index contributed by atoms with van der Waals surface area (Å²) in [4.78, 5) is 5.17. The molecule has 4 nitrogen and oxygen atoms in total. The summed E-state index contributed by atoms with van der Waals surface area (Å²) in [5.74, 6) is 1.33. The van der Waals surface area contributed by atoms with E-state index in [9.17, 15) is 5.21 Å². The maximum Gasteiger partial charge on any atom is 0.270 e. The molecule has 0 saturated heterocycles. The molecule has 1 unspecified atom stereocenters. The lowest BCUT2D eigenvalue weighted by Gasteiger charge is -2.03. The van der Waals surface area contributed by atoms with Gasteiger partial charge in [0, 0.05) is 17.6 Å². The van der Waals surface area contributed by atoms with Crippen molar-refractivity contribution in [1.29, 1.82) is 0 Å². The Hall–Kier alpha value is -1.71. The summed E-state index contributed by atoms with van der Waals surface area (Å²) in [6, 6.07) is 4.06. The SMILES string of the molecule is CCc1nc2cc3c(cc2[n+]([O-])n1)CC(CC)C3. The summed E-state index contributed by atoms with van der Waals surface area (Å²) in [7, 11) is 0. The van der Waals surface area contributed by atoms with Crippen LogP contribution in [0.2, 0.25) is 0 Å². The molecule has 94 valence electrons. The van der Waals surface area contributed by atoms with Gasteiger partial charge in [-0.05, 0) is 40.8 Å². The average Bonchev–Trinajstić information content (AvgIpc) is 2.78.